The molecule has 2 rings (SSSR count). The number of halogens is 2. The maximum absolute atomic E-state index is 6.07. The Morgan fingerprint density at radius 1 is 1.00 bits per heavy atom. The number of hydrogen-bond donors (Lipinski definition) is 2. The van der Waals surface area contributed by atoms with Crippen molar-refractivity contribution in [3.8, 4) is 0 Å². The molecule has 1 heterocycles. The molecule has 0 aromatic carbocycles. The normalized spacial score (nSPS) is 44.9. The topological polar surface area (TPSA) is 24.1 Å². The van der Waals surface area contributed by atoms with Crippen molar-refractivity contribution >= 4 is 18.8 Å². The first kappa shape index (κ1) is 8.77. The summed E-state index contributed by atoms with van der Waals surface area (Å²) >= 11 is -2.63. The molecule has 5 heteroatoms. The first-order valence-electron chi connectivity index (χ1n) is 3.78. The average Bonchev–Trinajstić information content (AvgIpc) is 2.21. The Hall–Kier alpha value is 1.19. The summed E-state index contributed by atoms with van der Waals surface area (Å²) in [6, 6.07) is 1.13. The van der Waals surface area contributed by atoms with E-state index in [1.807, 2.05) is 0 Å². The van der Waals surface area contributed by atoms with Crippen LogP contribution in [0, 0.1) is 0 Å². The van der Waals surface area contributed by atoms with Gasteiger partial charge in [0.2, 0.25) is 0 Å². The summed E-state index contributed by atoms with van der Waals surface area (Å²) in [5, 5.41) is 0. The maximum atomic E-state index is 6.07. The Labute approximate surface area is 78.7 Å². The van der Waals surface area contributed by atoms with Gasteiger partial charge in [-0.2, -0.15) is 0 Å². The fourth-order valence-corrected chi connectivity index (χ4v) is 8.45. The van der Waals surface area contributed by atoms with Crippen LogP contribution >= 0.6 is 18.8 Å². The zero-order valence-corrected chi connectivity index (χ0v) is 9.84. The van der Waals surface area contributed by atoms with Crippen LogP contribution in [0.25, 0.3) is 0 Å². The van der Waals surface area contributed by atoms with E-state index >= 15 is 0 Å². The van der Waals surface area contributed by atoms with Gasteiger partial charge in [-0.05, 0) is 0 Å². The van der Waals surface area contributed by atoms with E-state index < -0.39 is 14.5 Å². The van der Waals surface area contributed by atoms with E-state index in [-0.39, 0.29) is 0 Å². The zero-order chi connectivity index (χ0) is 7.90. The van der Waals surface area contributed by atoms with Crippen molar-refractivity contribution < 1.29 is 14.5 Å². The van der Waals surface area contributed by atoms with Crippen molar-refractivity contribution in [2.45, 2.75) is 37.8 Å². The molecule has 1 saturated heterocycles. The summed E-state index contributed by atoms with van der Waals surface area (Å²) in [5.74, 6) is 0. The molecule has 0 bridgehead atoms. The predicted molar refractivity (Wildman–Crippen MR) is 44.0 cm³/mol. The molecule has 2 unspecified atom stereocenters. The van der Waals surface area contributed by atoms with Crippen LogP contribution in [0.5, 0.6) is 0 Å². The first-order valence-corrected chi connectivity index (χ1v) is 11.7. The van der Waals surface area contributed by atoms with Gasteiger partial charge in [-0.1, -0.05) is 0 Å². The molecule has 11 heavy (non-hydrogen) atoms. The van der Waals surface area contributed by atoms with Crippen LogP contribution in [0.1, 0.15) is 25.7 Å². The molecule has 1 aliphatic heterocycles. The Bertz CT molecular complexity index is 149. The number of rotatable bonds is 0. The van der Waals surface area contributed by atoms with Crippen molar-refractivity contribution in [1.29, 1.82) is 0 Å². The summed E-state index contributed by atoms with van der Waals surface area (Å²) in [6.45, 7) is 0. The summed E-state index contributed by atoms with van der Waals surface area (Å²) in [7, 11) is 12.1. The average molecular weight is 378 g/mol. The van der Waals surface area contributed by atoms with Crippen molar-refractivity contribution in [2.24, 2.45) is 0 Å². The van der Waals surface area contributed by atoms with Crippen LogP contribution in [0.4, 0.5) is 0 Å². The second-order valence-corrected chi connectivity index (χ2v) is 13.8. The SMILES string of the molecule is [Cl][Pt]1([Cl])[NH]C2CCCCC2[NH]1. The van der Waals surface area contributed by atoms with Crippen LogP contribution in [-0.2, 0) is 14.5 Å². The van der Waals surface area contributed by atoms with Gasteiger partial charge in [-0.25, -0.2) is 0 Å². The van der Waals surface area contributed by atoms with Crippen molar-refractivity contribution in [3.05, 3.63) is 0 Å². The molecule has 2 atom stereocenters. The monoisotopic (exact) mass is 377 g/mol. The predicted octanol–water partition coefficient (Wildman–Crippen LogP) is 1.78. The van der Waals surface area contributed by atoms with E-state index in [2.05, 4.69) is 7.75 Å². The molecule has 2 nitrogen and oxygen atoms in total. The van der Waals surface area contributed by atoms with E-state index in [0.29, 0.717) is 12.1 Å². The van der Waals surface area contributed by atoms with Crippen molar-refractivity contribution in [1.82, 2.24) is 7.75 Å². The van der Waals surface area contributed by atoms with Gasteiger partial charge in [0.05, 0.1) is 0 Å². The third kappa shape index (κ3) is 1.92. The second kappa shape index (κ2) is 3.15. The van der Waals surface area contributed by atoms with Gasteiger partial charge < -0.3 is 0 Å². The van der Waals surface area contributed by atoms with Crippen LogP contribution in [0.3, 0.4) is 0 Å². The molecule has 0 radical (unpaired) electrons. The molecule has 70 valence electrons. The van der Waals surface area contributed by atoms with Crippen LogP contribution in [-0.4, -0.2) is 12.1 Å². The third-order valence-electron chi connectivity index (χ3n) is 2.23. The summed E-state index contributed by atoms with van der Waals surface area (Å²) in [4.78, 5) is 0. The zero-order valence-electron chi connectivity index (χ0n) is 6.06. The van der Waals surface area contributed by atoms with Gasteiger partial charge in [0.1, 0.15) is 0 Å². The Balaban J connectivity index is 2.03. The van der Waals surface area contributed by atoms with E-state index in [9.17, 15) is 0 Å². The van der Waals surface area contributed by atoms with E-state index in [1.165, 1.54) is 25.7 Å². The van der Waals surface area contributed by atoms with Crippen LogP contribution in [0.15, 0.2) is 0 Å². The molecule has 0 spiro atoms. The van der Waals surface area contributed by atoms with Crippen LogP contribution in [0.2, 0.25) is 0 Å². The molecule has 0 aromatic heterocycles. The molecule has 2 aliphatic rings. The number of nitrogens with one attached hydrogen (secondary N) is 2. The summed E-state index contributed by atoms with van der Waals surface area (Å²) in [6.07, 6.45) is 5.12. The quantitative estimate of drug-likeness (QED) is 0.672. The first-order chi connectivity index (χ1) is 5.17. The Morgan fingerprint density at radius 2 is 1.45 bits per heavy atom. The van der Waals surface area contributed by atoms with Gasteiger partial charge >= 0.3 is 78.8 Å². The van der Waals surface area contributed by atoms with Gasteiger partial charge in [-0.3, -0.25) is 0 Å². The van der Waals surface area contributed by atoms with Crippen molar-refractivity contribution in [3.63, 3.8) is 0 Å². The fraction of sp³-hybridized carbons (Fsp3) is 1.00. The molecule has 0 aromatic rings. The number of fused-ring (bicyclic) bond motifs is 1. The molecule has 2 N–H and O–H groups in total. The molecular formula is C6H12Cl2N2Pt. The van der Waals surface area contributed by atoms with Gasteiger partial charge in [0, 0.05) is 0 Å². The van der Waals surface area contributed by atoms with Gasteiger partial charge in [-0.15, -0.1) is 0 Å². The number of hydrogen-bond acceptors (Lipinski definition) is 2. The minimum atomic E-state index is -2.63. The Kier molecular flexibility index (Phi) is 2.52. The Morgan fingerprint density at radius 3 is 1.91 bits per heavy atom. The van der Waals surface area contributed by atoms with E-state index in [0.717, 1.165) is 0 Å². The standard InChI is InChI=1S/C6H12N2.2ClH.Pt/c7-5-3-1-2-4-6(5)8;;;/h5-8H,1-4H2;2*1H;/q-2;;;+4/p-2. The van der Waals surface area contributed by atoms with Crippen molar-refractivity contribution in [2.75, 3.05) is 0 Å². The summed E-state index contributed by atoms with van der Waals surface area (Å²) in [5.41, 5.74) is 0. The molecular weight excluding hydrogens is 366 g/mol. The fourth-order valence-electron chi connectivity index (χ4n) is 1.67. The van der Waals surface area contributed by atoms with Gasteiger partial charge in [0.15, 0.2) is 0 Å². The summed E-state index contributed by atoms with van der Waals surface area (Å²) < 4.78 is 6.66. The molecule has 1 aliphatic carbocycles. The van der Waals surface area contributed by atoms with Crippen LogP contribution < -0.4 is 7.75 Å². The van der Waals surface area contributed by atoms with E-state index in [1.54, 1.807) is 0 Å². The third-order valence-corrected chi connectivity index (χ3v) is 7.82. The molecule has 2 fully saturated rings. The van der Waals surface area contributed by atoms with Gasteiger partial charge in [0.25, 0.3) is 0 Å². The molecule has 0 amide bonds. The van der Waals surface area contributed by atoms with E-state index in [4.69, 9.17) is 18.8 Å². The molecule has 1 saturated carbocycles. The minimum absolute atomic E-state index is 0.565. The second-order valence-electron chi connectivity index (χ2n) is 3.04.